The summed E-state index contributed by atoms with van der Waals surface area (Å²) in [6.07, 6.45) is 0. The molecule has 1 aliphatic rings. The van der Waals surface area contributed by atoms with Gasteiger partial charge in [-0.25, -0.2) is 9.97 Å². The lowest BCUT2D eigenvalue weighted by atomic mass is 9.67. The molecule has 0 fully saturated rings. The van der Waals surface area contributed by atoms with Crippen LogP contribution in [0.5, 0.6) is 0 Å². The van der Waals surface area contributed by atoms with Gasteiger partial charge in [0.2, 0.25) is 0 Å². The van der Waals surface area contributed by atoms with Gasteiger partial charge in [0.05, 0.1) is 11.1 Å². The van der Waals surface area contributed by atoms with Gasteiger partial charge in [-0.2, -0.15) is 0 Å². The summed E-state index contributed by atoms with van der Waals surface area (Å²) in [4.78, 5) is 10.7. The Bertz CT molecular complexity index is 2660. The summed E-state index contributed by atoms with van der Waals surface area (Å²) in [6, 6.07) is 68.5. The van der Waals surface area contributed by atoms with E-state index in [9.17, 15) is 0 Å². The molecule has 1 aliphatic carbocycles. The molecule has 2 heterocycles. The highest BCUT2D eigenvalue weighted by Gasteiger charge is 2.46. The number of furan rings is 1. The highest BCUT2D eigenvalue weighted by atomic mass is 16.3. The highest BCUT2D eigenvalue weighted by molar-refractivity contribution is 5.96. The molecule has 3 heteroatoms. The van der Waals surface area contributed by atoms with Crippen LogP contribution in [0.2, 0.25) is 0 Å². The zero-order chi connectivity index (χ0) is 34.5. The molecule has 0 saturated carbocycles. The van der Waals surface area contributed by atoms with Crippen LogP contribution < -0.4 is 0 Å². The first-order valence-corrected chi connectivity index (χ1v) is 17.7. The van der Waals surface area contributed by atoms with Crippen LogP contribution in [0.4, 0.5) is 0 Å². The van der Waals surface area contributed by atoms with Gasteiger partial charge in [0.15, 0.2) is 11.6 Å². The first-order valence-electron chi connectivity index (χ1n) is 17.7. The van der Waals surface area contributed by atoms with E-state index >= 15 is 0 Å². The molecule has 0 radical (unpaired) electrons. The molecular weight excluding hydrogens is 633 g/mol. The second kappa shape index (κ2) is 12.2. The summed E-state index contributed by atoms with van der Waals surface area (Å²) in [5, 5.41) is 1.04. The summed E-state index contributed by atoms with van der Waals surface area (Å²) in [7, 11) is 0. The molecule has 0 atom stereocenters. The highest BCUT2D eigenvalue weighted by Crippen LogP contribution is 2.58. The first kappa shape index (κ1) is 30.0. The van der Waals surface area contributed by atoms with E-state index in [0.717, 1.165) is 44.6 Å². The van der Waals surface area contributed by atoms with Gasteiger partial charge in [-0.3, -0.25) is 0 Å². The average molecular weight is 665 g/mol. The number of rotatable bonds is 6. The van der Waals surface area contributed by atoms with Gasteiger partial charge in [0.25, 0.3) is 0 Å². The number of aromatic nitrogens is 2. The second-order valence-corrected chi connectivity index (χ2v) is 13.3. The van der Waals surface area contributed by atoms with Crippen molar-refractivity contribution in [3.8, 4) is 56.4 Å². The van der Waals surface area contributed by atoms with E-state index in [4.69, 9.17) is 14.4 Å². The minimum Gasteiger partial charge on any atom is -0.454 e. The smallest absolute Gasteiger partial charge is 0.161 e. The average Bonchev–Trinajstić information content (AvgIpc) is 3.80. The van der Waals surface area contributed by atoms with Crippen molar-refractivity contribution in [2.75, 3.05) is 0 Å². The normalized spacial score (nSPS) is 12.8. The predicted molar refractivity (Wildman–Crippen MR) is 211 cm³/mol. The van der Waals surface area contributed by atoms with Gasteiger partial charge in [0, 0.05) is 16.5 Å². The van der Waals surface area contributed by atoms with Crippen molar-refractivity contribution in [3.63, 3.8) is 0 Å². The molecule has 52 heavy (non-hydrogen) atoms. The number of fused-ring (bicyclic) bond motifs is 4. The molecular formula is C49H32N2O. The number of hydrogen-bond acceptors (Lipinski definition) is 3. The van der Waals surface area contributed by atoms with E-state index in [-0.39, 0.29) is 0 Å². The van der Waals surface area contributed by atoms with Gasteiger partial charge in [-0.15, -0.1) is 0 Å². The van der Waals surface area contributed by atoms with Crippen LogP contribution in [0.1, 0.15) is 22.3 Å². The maximum absolute atomic E-state index is 6.46. The van der Waals surface area contributed by atoms with Crippen LogP contribution in [-0.4, -0.2) is 9.97 Å². The van der Waals surface area contributed by atoms with Crippen LogP contribution in [-0.2, 0) is 5.41 Å². The molecule has 10 rings (SSSR count). The van der Waals surface area contributed by atoms with E-state index in [1.807, 2.05) is 24.3 Å². The molecule has 0 aliphatic heterocycles. The summed E-state index contributed by atoms with van der Waals surface area (Å²) >= 11 is 0. The SMILES string of the molecule is c1ccc(-c2ccccc2-c2nc(-c3cc4ccccc4o3)cc(-c3cccc4c3-c3ccccc3C4(c3ccccc3)c3ccccc3)n2)cc1. The van der Waals surface area contributed by atoms with Crippen molar-refractivity contribution in [1.82, 2.24) is 9.97 Å². The minimum absolute atomic E-state index is 0.512. The molecule has 0 bridgehead atoms. The molecule has 9 aromatic rings. The minimum atomic E-state index is -0.512. The van der Waals surface area contributed by atoms with Crippen molar-refractivity contribution in [3.05, 3.63) is 216 Å². The van der Waals surface area contributed by atoms with Crippen molar-refractivity contribution >= 4 is 11.0 Å². The Morgan fingerprint density at radius 1 is 0.404 bits per heavy atom. The third-order valence-corrected chi connectivity index (χ3v) is 10.4. The molecule has 7 aromatic carbocycles. The van der Waals surface area contributed by atoms with Crippen molar-refractivity contribution in [2.24, 2.45) is 0 Å². The molecule has 0 unspecified atom stereocenters. The van der Waals surface area contributed by atoms with Crippen LogP contribution in [0.15, 0.2) is 199 Å². The van der Waals surface area contributed by atoms with Crippen molar-refractivity contribution < 1.29 is 4.42 Å². The zero-order valence-electron chi connectivity index (χ0n) is 28.3. The molecule has 0 N–H and O–H groups in total. The number of para-hydroxylation sites is 1. The Balaban J connectivity index is 1.27. The van der Waals surface area contributed by atoms with Crippen LogP contribution in [0.25, 0.3) is 67.3 Å². The Labute approximate surface area is 302 Å². The Kier molecular flexibility index (Phi) is 7.04. The third-order valence-electron chi connectivity index (χ3n) is 10.4. The summed E-state index contributed by atoms with van der Waals surface area (Å²) in [6.45, 7) is 0. The lowest BCUT2D eigenvalue weighted by Gasteiger charge is -2.33. The molecule has 2 aromatic heterocycles. The standard InChI is InChI=1S/C49H32N2O/c1-4-17-33(18-5-1)37-24-11-12-25-38(37)48-50-43(32-44(51-48)46-31-34-19-10-15-30-45(34)52-46)40-27-16-29-42-47(40)39-26-13-14-28-41(39)49(42,35-20-6-2-7-21-35)36-22-8-3-9-23-36/h1-32H. The topological polar surface area (TPSA) is 38.9 Å². The van der Waals surface area contributed by atoms with E-state index < -0.39 is 5.41 Å². The first-order chi connectivity index (χ1) is 25.8. The van der Waals surface area contributed by atoms with Gasteiger partial charge in [0.1, 0.15) is 11.3 Å². The molecule has 0 saturated heterocycles. The Hall–Kier alpha value is -6.84. The summed E-state index contributed by atoms with van der Waals surface area (Å²) < 4.78 is 6.46. The fourth-order valence-electron chi connectivity index (χ4n) is 8.19. The zero-order valence-corrected chi connectivity index (χ0v) is 28.3. The van der Waals surface area contributed by atoms with Gasteiger partial charge in [-0.1, -0.05) is 176 Å². The maximum Gasteiger partial charge on any atom is 0.161 e. The maximum atomic E-state index is 6.46. The van der Waals surface area contributed by atoms with E-state index in [0.29, 0.717) is 11.6 Å². The largest absolute Gasteiger partial charge is 0.454 e. The number of hydrogen-bond donors (Lipinski definition) is 0. The lowest BCUT2D eigenvalue weighted by Crippen LogP contribution is -2.28. The molecule has 0 amide bonds. The van der Waals surface area contributed by atoms with E-state index in [1.165, 1.54) is 33.4 Å². The van der Waals surface area contributed by atoms with Crippen LogP contribution >= 0.6 is 0 Å². The van der Waals surface area contributed by atoms with Crippen LogP contribution in [0, 0.1) is 0 Å². The van der Waals surface area contributed by atoms with Gasteiger partial charge >= 0.3 is 0 Å². The fourth-order valence-corrected chi connectivity index (χ4v) is 8.19. The Morgan fingerprint density at radius 3 is 1.69 bits per heavy atom. The molecule has 244 valence electrons. The summed E-state index contributed by atoms with van der Waals surface area (Å²) in [5.74, 6) is 1.35. The second-order valence-electron chi connectivity index (χ2n) is 13.3. The number of nitrogens with zero attached hydrogens (tertiary/aromatic N) is 2. The van der Waals surface area contributed by atoms with Gasteiger partial charge < -0.3 is 4.42 Å². The number of benzene rings is 7. The predicted octanol–water partition coefficient (Wildman–Crippen LogP) is 12.3. The van der Waals surface area contributed by atoms with Crippen LogP contribution in [0.3, 0.4) is 0 Å². The van der Waals surface area contributed by atoms with E-state index in [2.05, 4.69) is 170 Å². The lowest BCUT2D eigenvalue weighted by molar-refractivity contribution is 0.628. The van der Waals surface area contributed by atoms with Gasteiger partial charge in [-0.05, 0) is 62.7 Å². The quantitative estimate of drug-likeness (QED) is 0.178. The van der Waals surface area contributed by atoms with E-state index in [1.54, 1.807) is 0 Å². The van der Waals surface area contributed by atoms with Crippen molar-refractivity contribution in [1.29, 1.82) is 0 Å². The monoisotopic (exact) mass is 664 g/mol. The molecule has 0 spiro atoms. The Morgan fingerprint density at radius 2 is 0.962 bits per heavy atom. The molecule has 3 nitrogen and oxygen atoms in total. The fraction of sp³-hybridized carbons (Fsp3) is 0.0204. The third kappa shape index (κ3) is 4.67. The van der Waals surface area contributed by atoms with Crippen molar-refractivity contribution in [2.45, 2.75) is 5.41 Å². The summed E-state index contributed by atoms with van der Waals surface area (Å²) in [5.41, 5.74) is 13.4.